The lowest BCUT2D eigenvalue weighted by molar-refractivity contribution is -0.132. The Morgan fingerprint density at radius 1 is 1.09 bits per heavy atom. The van der Waals surface area contributed by atoms with Crippen molar-refractivity contribution in [2.45, 2.75) is 46.0 Å². The fourth-order valence-electron chi connectivity index (χ4n) is 2.59. The van der Waals surface area contributed by atoms with Gasteiger partial charge in [0.25, 0.3) is 5.91 Å². The first kappa shape index (κ1) is 16.3. The van der Waals surface area contributed by atoms with Gasteiger partial charge in [-0.15, -0.1) is 0 Å². The number of aryl methyl sites for hydroxylation is 2. The molecular formula is C17H24N2O3. The van der Waals surface area contributed by atoms with Gasteiger partial charge in [0.2, 0.25) is 5.91 Å². The van der Waals surface area contributed by atoms with Crippen LogP contribution in [0, 0.1) is 19.8 Å². The van der Waals surface area contributed by atoms with Crippen LogP contribution in [0.5, 0.6) is 5.75 Å². The molecule has 0 radical (unpaired) electrons. The van der Waals surface area contributed by atoms with Crippen LogP contribution in [-0.4, -0.2) is 18.4 Å². The Morgan fingerprint density at radius 3 is 2.50 bits per heavy atom. The van der Waals surface area contributed by atoms with Crippen LogP contribution in [0.2, 0.25) is 0 Å². The van der Waals surface area contributed by atoms with Crippen LogP contribution in [0.3, 0.4) is 0 Å². The van der Waals surface area contributed by atoms with Gasteiger partial charge in [0.1, 0.15) is 5.75 Å². The molecule has 120 valence electrons. The maximum absolute atomic E-state index is 11.9. The number of amides is 2. The molecule has 0 aromatic heterocycles. The SMILES string of the molecule is Cc1ccc(OCC(=O)NNC(=O)C2CCCCC2)cc1C. The minimum Gasteiger partial charge on any atom is -0.484 e. The standard InChI is InChI=1S/C17H24N2O3/c1-12-8-9-15(10-13(12)2)22-11-16(20)18-19-17(21)14-6-4-3-5-7-14/h8-10,14H,3-7,11H2,1-2H3,(H,18,20)(H,19,21). The van der Waals surface area contributed by atoms with E-state index < -0.39 is 0 Å². The molecule has 5 heteroatoms. The van der Waals surface area contributed by atoms with Crippen molar-refractivity contribution in [3.05, 3.63) is 29.3 Å². The van der Waals surface area contributed by atoms with E-state index in [0.717, 1.165) is 31.2 Å². The third-order valence-corrected chi connectivity index (χ3v) is 4.15. The molecule has 1 aromatic rings. The number of hydrogen-bond acceptors (Lipinski definition) is 3. The maximum atomic E-state index is 11.9. The van der Waals surface area contributed by atoms with E-state index in [1.165, 1.54) is 12.0 Å². The molecule has 2 rings (SSSR count). The lowest BCUT2D eigenvalue weighted by Crippen LogP contribution is -2.46. The molecule has 1 aromatic carbocycles. The van der Waals surface area contributed by atoms with Gasteiger partial charge in [0, 0.05) is 5.92 Å². The predicted octanol–water partition coefficient (Wildman–Crippen LogP) is 2.41. The Balaban J connectivity index is 1.71. The van der Waals surface area contributed by atoms with E-state index in [2.05, 4.69) is 10.9 Å². The average Bonchev–Trinajstić information content (AvgIpc) is 2.54. The van der Waals surface area contributed by atoms with Crippen LogP contribution in [-0.2, 0) is 9.59 Å². The minimum atomic E-state index is -0.359. The number of benzene rings is 1. The molecule has 1 fully saturated rings. The molecule has 2 N–H and O–H groups in total. The van der Waals surface area contributed by atoms with Gasteiger partial charge in [-0.2, -0.15) is 0 Å². The summed E-state index contributed by atoms with van der Waals surface area (Å²) in [5.74, 6) is 0.216. The van der Waals surface area contributed by atoms with Gasteiger partial charge in [-0.05, 0) is 49.9 Å². The lowest BCUT2D eigenvalue weighted by Gasteiger charge is -2.20. The molecule has 5 nitrogen and oxygen atoms in total. The quantitative estimate of drug-likeness (QED) is 0.839. The first-order valence-electron chi connectivity index (χ1n) is 7.85. The lowest BCUT2D eigenvalue weighted by atomic mass is 9.89. The third-order valence-electron chi connectivity index (χ3n) is 4.15. The summed E-state index contributed by atoms with van der Waals surface area (Å²) in [5.41, 5.74) is 7.19. The van der Waals surface area contributed by atoms with Crippen LogP contribution in [0.1, 0.15) is 43.2 Å². The number of nitrogens with one attached hydrogen (secondary N) is 2. The van der Waals surface area contributed by atoms with Crippen LogP contribution >= 0.6 is 0 Å². The minimum absolute atomic E-state index is 0.0229. The highest BCUT2D eigenvalue weighted by atomic mass is 16.5. The molecule has 0 unspecified atom stereocenters. The zero-order chi connectivity index (χ0) is 15.9. The highest BCUT2D eigenvalue weighted by Gasteiger charge is 2.21. The number of carbonyl (C=O) groups is 2. The molecule has 0 aliphatic heterocycles. The summed E-state index contributed by atoms with van der Waals surface area (Å²) in [4.78, 5) is 23.6. The van der Waals surface area contributed by atoms with E-state index in [0.29, 0.717) is 5.75 Å². The maximum Gasteiger partial charge on any atom is 0.276 e. The van der Waals surface area contributed by atoms with E-state index in [-0.39, 0.29) is 24.3 Å². The van der Waals surface area contributed by atoms with E-state index in [1.807, 2.05) is 32.0 Å². The Hall–Kier alpha value is -2.04. The summed E-state index contributed by atoms with van der Waals surface area (Å²) in [6.07, 6.45) is 5.17. The average molecular weight is 304 g/mol. The van der Waals surface area contributed by atoms with Crippen molar-refractivity contribution in [3.63, 3.8) is 0 Å². The van der Waals surface area contributed by atoms with Gasteiger partial charge >= 0.3 is 0 Å². The molecule has 1 saturated carbocycles. The fraction of sp³-hybridized carbons (Fsp3) is 0.529. The largest absolute Gasteiger partial charge is 0.484 e. The van der Waals surface area contributed by atoms with E-state index in [4.69, 9.17) is 4.74 Å². The summed E-state index contributed by atoms with van der Waals surface area (Å²) in [7, 11) is 0. The third kappa shape index (κ3) is 4.76. The zero-order valence-electron chi connectivity index (χ0n) is 13.3. The van der Waals surface area contributed by atoms with Crippen molar-refractivity contribution in [2.75, 3.05) is 6.61 Å². The highest BCUT2D eigenvalue weighted by Crippen LogP contribution is 2.23. The molecule has 0 heterocycles. The van der Waals surface area contributed by atoms with Crippen molar-refractivity contribution in [1.29, 1.82) is 0 Å². The van der Waals surface area contributed by atoms with Crippen molar-refractivity contribution >= 4 is 11.8 Å². The first-order valence-corrected chi connectivity index (χ1v) is 7.85. The van der Waals surface area contributed by atoms with Gasteiger partial charge in [-0.25, -0.2) is 0 Å². The second-order valence-corrected chi connectivity index (χ2v) is 5.91. The second-order valence-electron chi connectivity index (χ2n) is 5.91. The van der Waals surface area contributed by atoms with Crippen molar-refractivity contribution in [2.24, 2.45) is 5.92 Å². The van der Waals surface area contributed by atoms with Crippen LogP contribution in [0.25, 0.3) is 0 Å². The Labute approximate surface area is 131 Å². The van der Waals surface area contributed by atoms with Gasteiger partial charge in [0.05, 0.1) is 0 Å². The Kier molecular flexibility index (Phi) is 5.81. The van der Waals surface area contributed by atoms with Crippen LogP contribution < -0.4 is 15.6 Å². The molecule has 1 aliphatic carbocycles. The summed E-state index contributed by atoms with van der Waals surface area (Å²) >= 11 is 0. The Morgan fingerprint density at radius 2 is 1.82 bits per heavy atom. The molecule has 1 aliphatic rings. The van der Waals surface area contributed by atoms with Crippen LogP contribution in [0.4, 0.5) is 0 Å². The number of ether oxygens (including phenoxy) is 1. The van der Waals surface area contributed by atoms with Crippen molar-refractivity contribution in [3.8, 4) is 5.75 Å². The second kappa shape index (κ2) is 7.82. The van der Waals surface area contributed by atoms with Crippen molar-refractivity contribution < 1.29 is 14.3 Å². The molecule has 0 atom stereocenters. The van der Waals surface area contributed by atoms with E-state index >= 15 is 0 Å². The van der Waals surface area contributed by atoms with Crippen molar-refractivity contribution in [1.82, 2.24) is 10.9 Å². The van der Waals surface area contributed by atoms with E-state index in [9.17, 15) is 9.59 Å². The number of hydrazine groups is 1. The molecule has 0 saturated heterocycles. The summed E-state index contributed by atoms with van der Waals surface area (Å²) in [6.45, 7) is 3.90. The molecular weight excluding hydrogens is 280 g/mol. The summed E-state index contributed by atoms with van der Waals surface area (Å²) < 4.78 is 5.42. The number of hydrogen-bond donors (Lipinski definition) is 2. The molecule has 2 amide bonds. The topological polar surface area (TPSA) is 67.4 Å². The molecule has 0 spiro atoms. The Bertz CT molecular complexity index is 537. The van der Waals surface area contributed by atoms with Gasteiger partial charge in [-0.3, -0.25) is 20.4 Å². The van der Waals surface area contributed by atoms with Gasteiger partial charge < -0.3 is 4.74 Å². The zero-order valence-corrected chi connectivity index (χ0v) is 13.3. The van der Waals surface area contributed by atoms with Crippen LogP contribution in [0.15, 0.2) is 18.2 Å². The molecule has 0 bridgehead atoms. The summed E-state index contributed by atoms with van der Waals surface area (Å²) in [5, 5.41) is 0. The monoisotopic (exact) mass is 304 g/mol. The molecule has 22 heavy (non-hydrogen) atoms. The van der Waals surface area contributed by atoms with E-state index in [1.54, 1.807) is 0 Å². The normalized spacial score (nSPS) is 15.2. The number of carbonyl (C=O) groups excluding carboxylic acids is 2. The number of rotatable bonds is 4. The predicted molar refractivity (Wildman–Crippen MR) is 84.3 cm³/mol. The summed E-state index contributed by atoms with van der Waals surface area (Å²) in [6, 6.07) is 5.67. The fourth-order valence-corrected chi connectivity index (χ4v) is 2.59. The highest BCUT2D eigenvalue weighted by molar-refractivity contribution is 5.84. The first-order chi connectivity index (χ1) is 10.6. The smallest absolute Gasteiger partial charge is 0.276 e. The van der Waals surface area contributed by atoms with Gasteiger partial charge in [0.15, 0.2) is 6.61 Å². The van der Waals surface area contributed by atoms with Gasteiger partial charge in [-0.1, -0.05) is 25.3 Å².